The number of halogens is 2. The largest absolute Gasteiger partial charge is 0.231 e. The van der Waals surface area contributed by atoms with Gasteiger partial charge in [-0.25, -0.2) is 9.50 Å². The van der Waals surface area contributed by atoms with Crippen LogP contribution in [-0.2, 0) is 11.7 Å². The van der Waals surface area contributed by atoms with Gasteiger partial charge in [0.15, 0.2) is 0 Å². The van der Waals surface area contributed by atoms with Crippen LogP contribution >= 0.6 is 11.6 Å². The van der Waals surface area contributed by atoms with Crippen molar-refractivity contribution in [2.24, 2.45) is 0 Å². The third kappa shape index (κ3) is 1.28. The summed E-state index contributed by atoms with van der Waals surface area (Å²) >= 11 is 5.38. The molecule has 0 bridgehead atoms. The third-order valence-corrected chi connectivity index (χ3v) is 1.48. The van der Waals surface area contributed by atoms with Crippen molar-refractivity contribution >= 4 is 11.6 Å². The summed E-state index contributed by atoms with van der Waals surface area (Å²) < 4.78 is 12.7. The van der Waals surface area contributed by atoms with Crippen molar-refractivity contribution in [3.63, 3.8) is 0 Å². The van der Waals surface area contributed by atoms with Crippen LogP contribution in [0, 0.1) is 5.82 Å². The summed E-state index contributed by atoms with van der Waals surface area (Å²) in [6.45, 7) is -0.563. The molecular weight excluding hydrogens is 155 g/mol. The summed E-state index contributed by atoms with van der Waals surface area (Å²) in [4.78, 5) is 0. The fraction of sp³-hybridized carbons (Fsp3) is 0.143. The monoisotopic (exact) mass is 159 g/mol. The van der Waals surface area contributed by atoms with E-state index in [4.69, 9.17) is 11.6 Å². The molecule has 1 radical (unpaired) electrons. The molecule has 0 aliphatic rings. The van der Waals surface area contributed by atoms with E-state index in [0.717, 1.165) is 0 Å². The maximum Gasteiger partial charge on any atom is 0.147 e. The molecule has 3 heteroatoms. The minimum absolute atomic E-state index is 0.00773. The van der Waals surface area contributed by atoms with Gasteiger partial charge < -0.3 is 0 Å². The van der Waals surface area contributed by atoms with E-state index < -0.39 is 12.4 Å². The topological polar surface area (TPSA) is 19.9 Å². The Morgan fingerprint density at radius 1 is 1.50 bits per heavy atom. The van der Waals surface area contributed by atoms with Crippen LogP contribution in [0.5, 0.6) is 0 Å². The lowest BCUT2D eigenvalue weighted by Crippen LogP contribution is -1.87. The van der Waals surface area contributed by atoms with Gasteiger partial charge in [0.1, 0.15) is 12.4 Å². The highest BCUT2D eigenvalue weighted by Crippen LogP contribution is 2.17. The van der Waals surface area contributed by atoms with E-state index in [1.54, 1.807) is 6.07 Å². The number of benzene rings is 1. The van der Waals surface area contributed by atoms with E-state index in [0.29, 0.717) is 0 Å². The average molecular weight is 160 g/mol. The molecule has 1 aromatic rings. The van der Waals surface area contributed by atoms with Crippen LogP contribution in [0.25, 0.3) is 0 Å². The molecule has 0 N–H and O–H groups in total. The smallest absolute Gasteiger partial charge is 0.147 e. The zero-order valence-electron chi connectivity index (χ0n) is 5.10. The summed E-state index contributed by atoms with van der Waals surface area (Å²) in [7, 11) is 0. The highest BCUT2D eigenvalue weighted by atomic mass is 35.5. The second-order valence-electron chi connectivity index (χ2n) is 1.86. The quantitative estimate of drug-likeness (QED) is 0.600. The van der Waals surface area contributed by atoms with Crippen LogP contribution in [-0.4, -0.2) is 0 Å². The summed E-state index contributed by atoms with van der Waals surface area (Å²) in [5, 5.41) is 10.2. The standard InChI is InChI=1S/C7H5ClFO/c8-6-3-1-2-5(4-10)7(6)9/h1-3H,4H2. The lowest BCUT2D eigenvalue weighted by Gasteiger charge is -1.97. The molecule has 0 aliphatic heterocycles. The molecular formula is C7H5ClFO. The third-order valence-electron chi connectivity index (χ3n) is 1.19. The average Bonchev–Trinajstić information content (AvgIpc) is 1.95. The van der Waals surface area contributed by atoms with Gasteiger partial charge in [-0.15, -0.1) is 0 Å². The molecule has 53 valence electrons. The summed E-state index contributed by atoms with van der Waals surface area (Å²) in [6, 6.07) is 4.39. The van der Waals surface area contributed by atoms with Gasteiger partial charge in [0.25, 0.3) is 0 Å². The van der Waals surface area contributed by atoms with Crippen molar-refractivity contribution < 1.29 is 9.50 Å². The second-order valence-corrected chi connectivity index (χ2v) is 2.26. The molecule has 0 saturated carbocycles. The van der Waals surface area contributed by atoms with Gasteiger partial charge in [-0.05, 0) is 6.07 Å². The van der Waals surface area contributed by atoms with E-state index in [2.05, 4.69) is 0 Å². The maximum absolute atomic E-state index is 12.7. The van der Waals surface area contributed by atoms with Crippen molar-refractivity contribution in [3.8, 4) is 0 Å². The highest BCUT2D eigenvalue weighted by molar-refractivity contribution is 6.30. The molecule has 0 heterocycles. The number of hydrogen-bond acceptors (Lipinski definition) is 0. The van der Waals surface area contributed by atoms with Gasteiger partial charge in [-0.1, -0.05) is 23.7 Å². The van der Waals surface area contributed by atoms with Crippen molar-refractivity contribution in [2.75, 3.05) is 0 Å². The van der Waals surface area contributed by atoms with E-state index in [9.17, 15) is 9.50 Å². The van der Waals surface area contributed by atoms with Crippen molar-refractivity contribution in [1.29, 1.82) is 0 Å². The van der Waals surface area contributed by atoms with E-state index in [1.165, 1.54) is 12.1 Å². The van der Waals surface area contributed by atoms with Crippen LogP contribution in [0.15, 0.2) is 18.2 Å². The fourth-order valence-electron chi connectivity index (χ4n) is 0.660. The Bertz CT molecular complexity index is 237. The predicted molar refractivity (Wildman–Crippen MR) is 35.8 cm³/mol. The maximum atomic E-state index is 12.7. The van der Waals surface area contributed by atoms with Gasteiger partial charge in [-0.3, -0.25) is 0 Å². The summed E-state index contributed by atoms with van der Waals surface area (Å²) in [6.07, 6.45) is 0. The Balaban J connectivity index is 3.14. The molecule has 1 rings (SSSR count). The molecule has 0 spiro atoms. The van der Waals surface area contributed by atoms with E-state index in [-0.39, 0.29) is 10.6 Å². The van der Waals surface area contributed by atoms with E-state index >= 15 is 0 Å². The Morgan fingerprint density at radius 3 is 2.70 bits per heavy atom. The molecule has 0 atom stereocenters. The summed E-state index contributed by atoms with van der Waals surface area (Å²) in [5.74, 6) is -0.598. The molecule has 0 saturated heterocycles. The molecule has 0 unspecified atom stereocenters. The molecule has 1 nitrogen and oxygen atoms in total. The van der Waals surface area contributed by atoms with Crippen LogP contribution in [0.4, 0.5) is 4.39 Å². The zero-order valence-corrected chi connectivity index (χ0v) is 5.86. The normalized spacial score (nSPS) is 9.90. The van der Waals surface area contributed by atoms with Crippen LogP contribution in [0.1, 0.15) is 5.56 Å². The van der Waals surface area contributed by atoms with Crippen molar-refractivity contribution in [3.05, 3.63) is 34.6 Å². The summed E-state index contributed by atoms with van der Waals surface area (Å²) in [5.41, 5.74) is 0.118. The zero-order chi connectivity index (χ0) is 7.56. The van der Waals surface area contributed by atoms with Crippen LogP contribution in [0.3, 0.4) is 0 Å². The Labute approximate surface area is 63.1 Å². The number of rotatable bonds is 1. The highest BCUT2D eigenvalue weighted by Gasteiger charge is 2.03. The Morgan fingerprint density at radius 2 is 2.20 bits per heavy atom. The molecule has 0 amide bonds. The number of hydrogen-bond donors (Lipinski definition) is 0. The first kappa shape index (κ1) is 7.51. The predicted octanol–water partition coefficient (Wildman–Crippen LogP) is 2.41. The van der Waals surface area contributed by atoms with Gasteiger partial charge in [0.05, 0.1) is 5.02 Å². The Hall–Kier alpha value is -0.600. The second kappa shape index (κ2) is 2.99. The first-order valence-electron chi connectivity index (χ1n) is 2.76. The van der Waals surface area contributed by atoms with Crippen molar-refractivity contribution in [1.82, 2.24) is 0 Å². The fourth-order valence-corrected chi connectivity index (χ4v) is 0.854. The molecule has 0 fully saturated rings. The van der Waals surface area contributed by atoms with Crippen molar-refractivity contribution in [2.45, 2.75) is 6.61 Å². The van der Waals surface area contributed by atoms with Gasteiger partial charge >= 0.3 is 0 Å². The first-order chi connectivity index (χ1) is 4.75. The SMILES string of the molecule is [O]Cc1cccc(Cl)c1F. The molecule has 10 heavy (non-hydrogen) atoms. The van der Waals surface area contributed by atoms with Gasteiger partial charge in [0.2, 0.25) is 0 Å². The van der Waals surface area contributed by atoms with Crippen LogP contribution in [0.2, 0.25) is 5.02 Å². The minimum Gasteiger partial charge on any atom is -0.231 e. The van der Waals surface area contributed by atoms with Gasteiger partial charge in [-0.2, -0.15) is 0 Å². The first-order valence-corrected chi connectivity index (χ1v) is 3.14. The molecule has 0 aromatic heterocycles. The molecule has 1 aromatic carbocycles. The van der Waals surface area contributed by atoms with E-state index in [1.807, 2.05) is 0 Å². The Kier molecular flexibility index (Phi) is 2.25. The lowest BCUT2D eigenvalue weighted by molar-refractivity contribution is 0.174. The van der Waals surface area contributed by atoms with Gasteiger partial charge in [0, 0.05) is 5.56 Å². The lowest BCUT2D eigenvalue weighted by atomic mass is 10.2. The molecule has 0 aliphatic carbocycles. The van der Waals surface area contributed by atoms with Crippen LogP contribution < -0.4 is 0 Å². The minimum atomic E-state index is -0.598.